The van der Waals surface area contributed by atoms with Crippen molar-refractivity contribution in [3.8, 4) is 0 Å². The lowest BCUT2D eigenvalue weighted by Gasteiger charge is -2.38. The third kappa shape index (κ3) is 4.85. The Labute approximate surface area is 139 Å². The first kappa shape index (κ1) is 19.2. The maximum absolute atomic E-state index is 12.7. The molecule has 1 saturated carbocycles. The smallest absolute Gasteiger partial charge is 0.307 e. The SMILES string of the molecule is CC(C)N(C(=O)CN1CCC(C(=O)O)C1)C1CCCCC1.Cl. The van der Waals surface area contributed by atoms with Gasteiger partial charge in [-0.05, 0) is 39.7 Å². The van der Waals surface area contributed by atoms with E-state index in [2.05, 4.69) is 13.8 Å². The number of nitrogens with zero attached hydrogens (tertiary/aromatic N) is 2. The van der Waals surface area contributed by atoms with Gasteiger partial charge < -0.3 is 10.0 Å². The Hall–Kier alpha value is -0.810. The molecule has 5 nitrogen and oxygen atoms in total. The average Bonchev–Trinajstić information content (AvgIpc) is 2.88. The summed E-state index contributed by atoms with van der Waals surface area (Å²) in [6.07, 6.45) is 6.60. The number of carboxylic acid groups (broad SMARTS) is 1. The molecular weight excluding hydrogens is 304 g/mol. The number of aliphatic carboxylic acids is 1. The van der Waals surface area contributed by atoms with Gasteiger partial charge in [0.05, 0.1) is 12.5 Å². The lowest BCUT2D eigenvalue weighted by Crippen LogP contribution is -2.49. The zero-order chi connectivity index (χ0) is 15.4. The van der Waals surface area contributed by atoms with Crippen LogP contribution in [-0.2, 0) is 9.59 Å². The molecule has 2 aliphatic rings. The van der Waals surface area contributed by atoms with Crippen molar-refractivity contribution in [2.24, 2.45) is 5.92 Å². The van der Waals surface area contributed by atoms with Crippen molar-refractivity contribution in [2.75, 3.05) is 19.6 Å². The standard InChI is InChI=1S/C16H28N2O3.ClH/c1-12(2)18(14-6-4-3-5-7-14)15(19)11-17-9-8-13(10-17)16(20)21;/h12-14H,3-11H2,1-2H3,(H,20,21);1H. The molecule has 1 amide bonds. The van der Waals surface area contributed by atoms with E-state index in [-0.39, 0.29) is 30.3 Å². The van der Waals surface area contributed by atoms with Crippen molar-refractivity contribution >= 4 is 24.3 Å². The van der Waals surface area contributed by atoms with Crippen LogP contribution in [0.15, 0.2) is 0 Å². The average molecular weight is 333 g/mol. The topological polar surface area (TPSA) is 60.9 Å². The number of hydrogen-bond donors (Lipinski definition) is 1. The summed E-state index contributed by atoms with van der Waals surface area (Å²) in [5, 5.41) is 9.04. The molecule has 6 heteroatoms. The highest BCUT2D eigenvalue weighted by Crippen LogP contribution is 2.25. The Kier molecular flexibility index (Phi) is 7.63. The van der Waals surface area contributed by atoms with Gasteiger partial charge in [-0.1, -0.05) is 19.3 Å². The van der Waals surface area contributed by atoms with Crippen molar-refractivity contribution in [1.29, 1.82) is 0 Å². The van der Waals surface area contributed by atoms with Crippen LogP contribution in [0.5, 0.6) is 0 Å². The minimum absolute atomic E-state index is 0. The zero-order valence-electron chi connectivity index (χ0n) is 13.7. The summed E-state index contributed by atoms with van der Waals surface area (Å²) >= 11 is 0. The van der Waals surface area contributed by atoms with Gasteiger partial charge in [0.25, 0.3) is 0 Å². The van der Waals surface area contributed by atoms with Crippen LogP contribution < -0.4 is 0 Å². The molecule has 1 unspecified atom stereocenters. The molecule has 1 atom stereocenters. The number of carbonyl (C=O) groups is 2. The minimum atomic E-state index is -0.738. The molecule has 0 aromatic carbocycles. The van der Waals surface area contributed by atoms with E-state index >= 15 is 0 Å². The first-order chi connectivity index (χ1) is 9.99. The van der Waals surface area contributed by atoms with Crippen LogP contribution in [0.4, 0.5) is 0 Å². The third-order valence-electron chi connectivity index (χ3n) is 4.79. The molecule has 0 bridgehead atoms. The molecule has 0 aromatic heterocycles. The summed E-state index contributed by atoms with van der Waals surface area (Å²) in [6.45, 7) is 5.77. The van der Waals surface area contributed by atoms with Gasteiger partial charge in [-0.15, -0.1) is 12.4 Å². The third-order valence-corrected chi connectivity index (χ3v) is 4.79. The predicted molar refractivity (Wildman–Crippen MR) is 88.3 cm³/mol. The molecule has 2 fully saturated rings. The number of amides is 1. The van der Waals surface area contributed by atoms with E-state index in [0.29, 0.717) is 25.6 Å². The number of carbonyl (C=O) groups excluding carboxylic acids is 1. The van der Waals surface area contributed by atoms with E-state index in [1.165, 1.54) is 19.3 Å². The second-order valence-electron chi connectivity index (χ2n) is 6.75. The minimum Gasteiger partial charge on any atom is -0.481 e. The fraction of sp³-hybridized carbons (Fsp3) is 0.875. The highest BCUT2D eigenvalue weighted by Gasteiger charge is 2.32. The summed E-state index contributed by atoms with van der Waals surface area (Å²) < 4.78 is 0. The Morgan fingerprint density at radius 3 is 2.32 bits per heavy atom. The van der Waals surface area contributed by atoms with Crippen LogP contribution in [0.2, 0.25) is 0 Å². The summed E-state index contributed by atoms with van der Waals surface area (Å²) in [5.74, 6) is -0.874. The van der Waals surface area contributed by atoms with E-state index in [9.17, 15) is 9.59 Å². The number of hydrogen-bond acceptors (Lipinski definition) is 3. The van der Waals surface area contributed by atoms with Gasteiger partial charge in [0, 0.05) is 18.6 Å². The van der Waals surface area contributed by atoms with E-state index in [0.717, 1.165) is 19.4 Å². The Bertz CT molecular complexity index is 384. The fourth-order valence-corrected chi connectivity index (χ4v) is 3.72. The Balaban J connectivity index is 0.00000242. The highest BCUT2D eigenvalue weighted by atomic mass is 35.5. The molecular formula is C16H29ClN2O3. The van der Waals surface area contributed by atoms with Gasteiger partial charge in [0.15, 0.2) is 0 Å². The molecule has 0 aromatic rings. The lowest BCUT2D eigenvalue weighted by molar-refractivity contribution is -0.142. The van der Waals surface area contributed by atoms with Crippen molar-refractivity contribution in [1.82, 2.24) is 9.80 Å². The van der Waals surface area contributed by atoms with Crippen LogP contribution >= 0.6 is 12.4 Å². The van der Waals surface area contributed by atoms with Gasteiger partial charge in [-0.2, -0.15) is 0 Å². The Morgan fingerprint density at radius 1 is 1.18 bits per heavy atom. The zero-order valence-corrected chi connectivity index (χ0v) is 14.5. The molecule has 128 valence electrons. The number of carboxylic acids is 1. The molecule has 0 spiro atoms. The molecule has 1 heterocycles. The first-order valence-corrected chi connectivity index (χ1v) is 8.25. The maximum Gasteiger partial charge on any atom is 0.307 e. The van der Waals surface area contributed by atoms with Crippen molar-refractivity contribution in [3.05, 3.63) is 0 Å². The number of halogens is 1. The van der Waals surface area contributed by atoms with E-state index in [4.69, 9.17) is 5.11 Å². The quantitative estimate of drug-likeness (QED) is 0.839. The van der Waals surface area contributed by atoms with Crippen LogP contribution in [-0.4, -0.2) is 58.5 Å². The summed E-state index contributed by atoms with van der Waals surface area (Å²) in [4.78, 5) is 27.7. The molecule has 1 saturated heterocycles. The van der Waals surface area contributed by atoms with Crippen LogP contribution in [0.1, 0.15) is 52.4 Å². The van der Waals surface area contributed by atoms with Crippen molar-refractivity contribution < 1.29 is 14.7 Å². The normalized spacial score (nSPS) is 23.3. The number of rotatable bonds is 5. The van der Waals surface area contributed by atoms with Gasteiger partial charge in [0.2, 0.25) is 5.91 Å². The summed E-state index contributed by atoms with van der Waals surface area (Å²) in [7, 11) is 0. The van der Waals surface area contributed by atoms with E-state index in [1.54, 1.807) is 0 Å². The molecule has 22 heavy (non-hydrogen) atoms. The summed E-state index contributed by atoms with van der Waals surface area (Å²) in [5.41, 5.74) is 0. The van der Waals surface area contributed by atoms with E-state index < -0.39 is 5.97 Å². The van der Waals surface area contributed by atoms with E-state index in [1.807, 2.05) is 9.80 Å². The molecule has 0 radical (unpaired) electrons. The highest BCUT2D eigenvalue weighted by molar-refractivity contribution is 5.85. The van der Waals surface area contributed by atoms with Crippen LogP contribution in [0.3, 0.4) is 0 Å². The largest absolute Gasteiger partial charge is 0.481 e. The second kappa shape index (κ2) is 8.73. The maximum atomic E-state index is 12.7. The first-order valence-electron chi connectivity index (χ1n) is 8.25. The van der Waals surface area contributed by atoms with Gasteiger partial charge in [-0.3, -0.25) is 14.5 Å². The van der Waals surface area contributed by atoms with Gasteiger partial charge in [-0.25, -0.2) is 0 Å². The van der Waals surface area contributed by atoms with Crippen molar-refractivity contribution in [2.45, 2.75) is 64.5 Å². The molecule has 2 rings (SSSR count). The Morgan fingerprint density at radius 2 is 1.82 bits per heavy atom. The van der Waals surface area contributed by atoms with Gasteiger partial charge >= 0.3 is 5.97 Å². The lowest BCUT2D eigenvalue weighted by atomic mass is 9.93. The van der Waals surface area contributed by atoms with Crippen LogP contribution in [0, 0.1) is 5.92 Å². The molecule has 1 aliphatic heterocycles. The summed E-state index contributed by atoms with van der Waals surface area (Å²) in [6, 6.07) is 0.600. The monoisotopic (exact) mass is 332 g/mol. The molecule has 1 aliphatic carbocycles. The fourth-order valence-electron chi connectivity index (χ4n) is 3.72. The molecule has 1 N–H and O–H groups in total. The predicted octanol–water partition coefficient (Wildman–Crippen LogP) is 2.38. The number of likely N-dealkylation sites (tertiary alicyclic amines) is 1. The van der Waals surface area contributed by atoms with Gasteiger partial charge in [0.1, 0.15) is 0 Å². The van der Waals surface area contributed by atoms with Crippen molar-refractivity contribution in [3.63, 3.8) is 0 Å². The second-order valence-corrected chi connectivity index (χ2v) is 6.75. The van der Waals surface area contributed by atoms with Crippen LogP contribution in [0.25, 0.3) is 0 Å².